The smallest absolute Gasteiger partial charge is 0.124 e. The Bertz CT molecular complexity index is 1590. The molecule has 9 heteroatoms. The summed E-state index contributed by atoms with van der Waals surface area (Å²) in [5, 5.41) is 4.28. The summed E-state index contributed by atoms with van der Waals surface area (Å²) >= 11 is 0. The zero-order valence-electron chi connectivity index (χ0n) is 23.6. The molecule has 0 saturated heterocycles. The van der Waals surface area contributed by atoms with Crippen LogP contribution in [0.1, 0.15) is 13.8 Å². The first-order chi connectivity index (χ1) is 19.3. The Morgan fingerprint density at radius 1 is 0.850 bits per heavy atom. The number of benzene rings is 3. The number of nitrogens with zero attached hydrogens (tertiary/aromatic N) is 6. The zero-order chi connectivity index (χ0) is 28.2. The van der Waals surface area contributed by atoms with Crippen molar-refractivity contribution < 1.29 is 9.47 Å². The van der Waals surface area contributed by atoms with E-state index < -0.39 is 0 Å². The topological polar surface area (TPSA) is 94.6 Å². The lowest BCUT2D eigenvalue weighted by Gasteiger charge is -2.33. The molecule has 0 aliphatic rings. The summed E-state index contributed by atoms with van der Waals surface area (Å²) in [5.41, 5.74) is 13.2. The molecule has 3 aromatic carbocycles. The van der Waals surface area contributed by atoms with Crippen LogP contribution < -0.4 is 25.0 Å². The molecule has 0 atom stereocenters. The van der Waals surface area contributed by atoms with Gasteiger partial charge < -0.3 is 25.0 Å². The van der Waals surface area contributed by atoms with Crippen LogP contribution in [0, 0.1) is 0 Å². The molecule has 0 aliphatic carbocycles. The van der Waals surface area contributed by atoms with Crippen LogP contribution in [-0.4, -0.2) is 53.1 Å². The molecule has 0 fully saturated rings. The molecule has 2 N–H and O–H groups in total. The van der Waals surface area contributed by atoms with E-state index in [0.29, 0.717) is 6.54 Å². The minimum atomic E-state index is 0.271. The summed E-state index contributed by atoms with van der Waals surface area (Å²) in [6.45, 7) is 5.81. The summed E-state index contributed by atoms with van der Waals surface area (Å²) in [7, 11) is 5.21. The lowest BCUT2D eigenvalue weighted by molar-refractivity contribution is 0.394. The number of hydrogen-bond acceptors (Lipinski definition) is 8. The van der Waals surface area contributed by atoms with Gasteiger partial charge in [-0.05, 0) is 50.2 Å². The Hall–Kier alpha value is -4.79. The minimum Gasteiger partial charge on any atom is -0.497 e. The molecule has 40 heavy (non-hydrogen) atoms. The van der Waals surface area contributed by atoms with Crippen LogP contribution in [-0.2, 0) is 7.05 Å². The van der Waals surface area contributed by atoms with Gasteiger partial charge in [0.1, 0.15) is 11.5 Å². The van der Waals surface area contributed by atoms with E-state index >= 15 is 0 Å². The second-order valence-corrected chi connectivity index (χ2v) is 9.94. The summed E-state index contributed by atoms with van der Waals surface area (Å²) < 4.78 is 13.0. The summed E-state index contributed by atoms with van der Waals surface area (Å²) in [5.74, 6) is 1.44. The summed E-state index contributed by atoms with van der Waals surface area (Å²) in [6.07, 6.45) is 5.52. The Morgan fingerprint density at radius 3 is 2.27 bits per heavy atom. The van der Waals surface area contributed by atoms with Crippen LogP contribution in [0.4, 0.5) is 22.7 Å². The van der Waals surface area contributed by atoms with Gasteiger partial charge in [0.15, 0.2) is 0 Å². The molecule has 9 nitrogen and oxygen atoms in total. The van der Waals surface area contributed by atoms with Gasteiger partial charge in [-0.1, -0.05) is 6.07 Å². The number of methoxy groups -OCH3 is 2. The van der Waals surface area contributed by atoms with Gasteiger partial charge in [-0.15, -0.1) is 0 Å². The summed E-state index contributed by atoms with van der Waals surface area (Å²) in [6, 6.07) is 20.4. The van der Waals surface area contributed by atoms with E-state index in [2.05, 4.69) is 51.9 Å². The lowest BCUT2D eigenvalue weighted by atomic mass is 10.1. The van der Waals surface area contributed by atoms with Crippen LogP contribution in [0.25, 0.3) is 22.3 Å². The van der Waals surface area contributed by atoms with Crippen LogP contribution in [0.5, 0.6) is 11.5 Å². The van der Waals surface area contributed by atoms with Crippen molar-refractivity contribution in [2.24, 2.45) is 7.05 Å². The van der Waals surface area contributed by atoms with E-state index in [9.17, 15) is 0 Å². The fourth-order valence-corrected chi connectivity index (χ4v) is 4.81. The lowest BCUT2D eigenvalue weighted by Crippen LogP contribution is -2.37. The van der Waals surface area contributed by atoms with Crippen molar-refractivity contribution in [3.8, 4) is 22.8 Å². The van der Waals surface area contributed by atoms with Gasteiger partial charge in [0.05, 0.1) is 43.3 Å². The van der Waals surface area contributed by atoms with E-state index in [-0.39, 0.29) is 6.04 Å². The number of anilines is 4. The Morgan fingerprint density at radius 2 is 1.62 bits per heavy atom. The third-order valence-corrected chi connectivity index (χ3v) is 6.88. The second kappa shape index (κ2) is 11.5. The van der Waals surface area contributed by atoms with Crippen molar-refractivity contribution in [1.29, 1.82) is 0 Å². The maximum Gasteiger partial charge on any atom is 0.124 e. The monoisotopic (exact) mass is 537 g/mol. The number of aryl methyl sites for hydroxylation is 1. The number of nitrogen functional groups attached to an aromatic ring is 1. The molecule has 2 heterocycles. The van der Waals surface area contributed by atoms with Crippen LogP contribution >= 0.6 is 0 Å². The standard InChI is InChI=1S/C31H35N7O2/c1-21(2)37(24-8-6-7-23(32)13-24)11-12-38(26-14-27(39-4)17-28(15-26)40-5)25-9-10-29-30(16-25)35-31(19-33-29)22-18-34-36(3)20-22/h6-10,13-21H,11-12,32H2,1-5H3. The highest BCUT2D eigenvalue weighted by atomic mass is 16.5. The number of nitrogens with two attached hydrogens (primary N) is 1. The number of aromatic nitrogens is 4. The molecule has 206 valence electrons. The predicted molar refractivity (Wildman–Crippen MR) is 162 cm³/mol. The van der Waals surface area contributed by atoms with E-state index in [1.165, 1.54) is 0 Å². The normalized spacial score (nSPS) is 11.2. The Labute approximate surface area is 234 Å². The van der Waals surface area contributed by atoms with Crippen molar-refractivity contribution in [3.05, 3.63) is 79.3 Å². The highest BCUT2D eigenvalue weighted by molar-refractivity contribution is 5.82. The van der Waals surface area contributed by atoms with E-state index in [0.717, 1.165) is 63.1 Å². The highest BCUT2D eigenvalue weighted by Crippen LogP contribution is 2.34. The maximum atomic E-state index is 6.12. The van der Waals surface area contributed by atoms with Gasteiger partial charge in [0, 0.05) is 78.9 Å². The number of rotatable bonds is 10. The molecule has 0 unspecified atom stereocenters. The van der Waals surface area contributed by atoms with Gasteiger partial charge in [-0.3, -0.25) is 9.67 Å². The molecule has 5 aromatic rings. The third-order valence-electron chi connectivity index (χ3n) is 6.88. The third kappa shape index (κ3) is 5.78. The first kappa shape index (κ1) is 26.8. The summed E-state index contributed by atoms with van der Waals surface area (Å²) in [4.78, 5) is 14.2. The van der Waals surface area contributed by atoms with E-state index in [1.54, 1.807) is 31.3 Å². The van der Waals surface area contributed by atoms with Gasteiger partial charge in [-0.2, -0.15) is 5.10 Å². The van der Waals surface area contributed by atoms with Crippen LogP contribution in [0.3, 0.4) is 0 Å². The van der Waals surface area contributed by atoms with Crippen LogP contribution in [0.15, 0.2) is 79.3 Å². The predicted octanol–water partition coefficient (Wildman–Crippen LogP) is 5.68. The average Bonchev–Trinajstić information content (AvgIpc) is 3.40. The minimum absolute atomic E-state index is 0.271. The van der Waals surface area contributed by atoms with Gasteiger partial charge in [-0.25, -0.2) is 4.98 Å². The van der Waals surface area contributed by atoms with Crippen LogP contribution in [0.2, 0.25) is 0 Å². The first-order valence-electron chi connectivity index (χ1n) is 13.2. The highest BCUT2D eigenvalue weighted by Gasteiger charge is 2.18. The molecule has 0 saturated carbocycles. The Kier molecular flexibility index (Phi) is 7.72. The number of hydrogen-bond donors (Lipinski definition) is 1. The largest absolute Gasteiger partial charge is 0.497 e. The van der Waals surface area contributed by atoms with Gasteiger partial charge >= 0.3 is 0 Å². The van der Waals surface area contributed by atoms with E-state index in [4.69, 9.17) is 20.2 Å². The van der Waals surface area contributed by atoms with Crippen molar-refractivity contribution in [2.75, 3.05) is 42.8 Å². The number of fused-ring (bicyclic) bond motifs is 1. The molecule has 0 aliphatic heterocycles. The second-order valence-electron chi connectivity index (χ2n) is 9.94. The quantitative estimate of drug-likeness (QED) is 0.227. The zero-order valence-corrected chi connectivity index (χ0v) is 23.6. The fraction of sp³-hybridized carbons (Fsp3) is 0.258. The first-order valence-corrected chi connectivity index (χ1v) is 13.2. The molecule has 2 aromatic heterocycles. The molecular formula is C31H35N7O2. The average molecular weight is 538 g/mol. The SMILES string of the molecule is COc1cc(OC)cc(N(CCN(c2cccc(N)c2)C(C)C)c2ccc3ncc(-c4cnn(C)c4)nc3c2)c1. The van der Waals surface area contributed by atoms with Crippen molar-refractivity contribution in [3.63, 3.8) is 0 Å². The molecule has 5 rings (SSSR count). The molecule has 0 amide bonds. The Balaban J connectivity index is 1.56. The van der Waals surface area contributed by atoms with Gasteiger partial charge in [0.25, 0.3) is 0 Å². The van der Waals surface area contributed by atoms with E-state index in [1.807, 2.05) is 55.7 Å². The molecule has 0 spiro atoms. The van der Waals surface area contributed by atoms with Crippen molar-refractivity contribution >= 4 is 33.8 Å². The fourth-order valence-electron chi connectivity index (χ4n) is 4.81. The van der Waals surface area contributed by atoms with Gasteiger partial charge in [0.2, 0.25) is 0 Å². The van der Waals surface area contributed by atoms with Crippen molar-refractivity contribution in [1.82, 2.24) is 19.7 Å². The van der Waals surface area contributed by atoms with Crippen molar-refractivity contribution in [2.45, 2.75) is 19.9 Å². The molecule has 0 bridgehead atoms. The maximum absolute atomic E-state index is 6.12. The molecular weight excluding hydrogens is 502 g/mol. The number of ether oxygens (including phenoxy) is 2. The molecule has 0 radical (unpaired) electrons.